The number of hydrogen-bond acceptors (Lipinski definition) is 1. The summed E-state index contributed by atoms with van der Waals surface area (Å²) in [5, 5.41) is 0. The van der Waals surface area contributed by atoms with E-state index >= 15 is 0 Å². The molecular weight excluding hydrogens is 442 g/mol. The van der Waals surface area contributed by atoms with Gasteiger partial charge in [0.05, 0.1) is 6.26 Å². The lowest BCUT2D eigenvalue weighted by molar-refractivity contribution is 0.200. The second kappa shape index (κ2) is 11.6. The van der Waals surface area contributed by atoms with Crippen molar-refractivity contribution in [3.63, 3.8) is 0 Å². The zero-order valence-electron chi connectivity index (χ0n) is 18.5. The first-order valence-electron chi connectivity index (χ1n) is 11.4. The van der Waals surface area contributed by atoms with Crippen LogP contribution in [-0.4, -0.2) is 6.43 Å². The van der Waals surface area contributed by atoms with Crippen molar-refractivity contribution in [2.24, 2.45) is 5.92 Å². The molecule has 0 heterocycles. The van der Waals surface area contributed by atoms with E-state index in [1.165, 1.54) is 18.6 Å². The largest absolute Gasteiger partial charge is 0.459 e. The molecule has 180 valence electrons. The fourth-order valence-corrected chi connectivity index (χ4v) is 4.60. The van der Waals surface area contributed by atoms with Crippen molar-refractivity contribution in [1.29, 1.82) is 0 Å². The minimum Gasteiger partial charge on any atom is -0.459 e. The second-order valence-electron chi connectivity index (χ2n) is 8.64. The van der Waals surface area contributed by atoms with Crippen LogP contribution in [0.3, 0.4) is 0 Å². The van der Waals surface area contributed by atoms with Gasteiger partial charge in [0, 0.05) is 11.6 Å². The number of ether oxygens (including phenoxy) is 1. The zero-order valence-corrected chi connectivity index (χ0v) is 18.5. The van der Waals surface area contributed by atoms with Crippen molar-refractivity contribution in [1.82, 2.24) is 0 Å². The molecule has 1 saturated carbocycles. The number of alkyl halides is 2. The standard InChI is InChI=1S/C26H28F6O/c1-2-3-16-4-7-18(8-5-16)19-14-21(27)20(22(28)15-19)9-6-17-12-23(29)26(24(30)13-17)33-11-10-25(31)32/h10-16,18,25H,2-9H2,1H3. The number of benzene rings is 2. The average Bonchev–Trinajstić information content (AvgIpc) is 2.75. The number of halogens is 6. The quantitative estimate of drug-likeness (QED) is 0.265. The molecule has 0 unspecified atom stereocenters. The second-order valence-corrected chi connectivity index (χ2v) is 8.64. The van der Waals surface area contributed by atoms with Crippen LogP contribution in [0, 0.1) is 29.2 Å². The fourth-order valence-electron chi connectivity index (χ4n) is 4.60. The molecule has 0 atom stereocenters. The third-order valence-corrected chi connectivity index (χ3v) is 6.31. The van der Waals surface area contributed by atoms with Crippen LogP contribution in [0.25, 0.3) is 0 Å². The van der Waals surface area contributed by atoms with Gasteiger partial charge in [0.25, 0.3) is 6.43 Å². The Hall–Kier alpha value is -2.44. The predicted octanol–water partition coefficient (Wildman–Crippen LogP) is 8.26. The van der Waals surface area contributed by atoms with Crippen molar-refractivity contribution in [2.75, 3.05) is 0 Å². The fraction of sp³-hybridized carbons (Fsp3) is 0.462. The van der Waals surface area contributed by atoms with Crippen LogP contribution in [0.4, 0.5) is 26.3 Å². The lowest BCUT2D eigenvalue weighted by Crippen LogP contribution is -2.14. The Kier molecular flexibility index (Phi) is 8.87. The van der Waals surface area contributed by atoms with E-state index < -0.39 is 35.4 Å². The molecule has 0 amide bonds. The molecule has 0 aromatic heterocycles. The Bertz CT molecular complexity index is 917. The van der Waals surface area contributed by atoms with Gasteiger partial charge in [-0.15, -0.1) is 0 Å². The summed E-state index contributed by atoms with van der Waals surface area (Å²) in [6.07, 6.45) is 4.26. The molecule has 0 N–H and O–H groups in total. The Balaban J connectivity index is 1.66. The highest BCUT2D eigenvalue weighted by atomic mass is 19.3. The summed E-state index contributed by atoms with van der Waals surface area (Å²) >= 11 is 0. The Morgan fingerprint density at radius 2 is 1.48 bits per heavy atom. The summed E-state index contributed by atoms with van der Waals surface area (Å²) in [5.74, 6) is -3.45. The first-order chi connectivity index (χ1) is 15.8. The van der Waals surface area contributed by atoms with Gasteiger partial charge in [-0.25, -0.2) is 26.3 Å². The third-order valence-electron chi connectivity index (χ3n) is 6.31. The van der Waals surface area contributed by atoms with Crippen LogP contribution in [-0.2, 0) is 12.8 Å². The van der Waals surface area contributed by atoms with Crippen LogP contribution in [0.5, 0.6) is 5.75 Å². The van der Waals surface area contributed by atoms with Crippen molar-refractivity contribution >= 4 is 0 Å². The van der Waals surface area contributed by atoms with Gasteiger partial charge in [-0.3, -0.25) is 0 Å². The van der Waals surface area contributed by atoms with Gasteiger partial charge in [-0.2, -0.15) is 0 Å². The average molecular weight is 470 g/mol. The highest BCUT2D eigenvalue weighted by Crippen LogP contribution is 2.38. The van der Waals surface area contributed by atoms with E-state index in [-0.39, 0.29) is 29.9 Å². The highest BCUT2D eigenvalue weighted by molar-refractivity contribution is 5.34. The molecule has 0 aliphatic heterocycles. The number of hydrogen-bond donors (Lipinski definition) is 0. The van der Waals surface area contributed by atoms with Gasteiger partial charge in [0.2, 0.25) is 0 Å². The van der Waals surface area contributed by atoms with E-state index in [9.17, 15) is 26.3 Å². The maximum atomic E-state index is 14.7. The predicted molar refractivity (Wildman–Crippen MR) is 116 cm³/mol. The number of allylic oxidation sites excluding steroid dienone is 1. The summed E-state index contributed by atoms with van der Waals surface area (Å²) in [7, 11) is 0. The molecule has 33 heavy (non-hydrogen) atoms. The van der Waals surface area contributed by atoms with E-state index in [4.69, 9.17) is 0 Å². The van der Waals surface area contributed by atoms with Crippen molar-refractivity contribution < 1.29 is 31.1 Å². The van der Waals surface area contributed by atoms with E-state index in [0.717, 1.165) is 44.2 Å². The molecule has 2 aromatic carbocycles. The first kappa shape index (κ1) is 25.2. The molecule has 1 fully saturated rings. The molecule has 0 bridgehead atoms. The van der Waals surface area contributed by atoms with Crippen molar-refractivity contribution in [2.45, 2.75) is 70.6 Å². The van der Waals surface area contributed by atoms with Gasteiger partial charge < -0.3 is 4.74 Å². The first-order valence-corrected chi connectivity index (χ1v) is 11.4. The van der Waals surface area contributed by atoms with Crippen LogP contribution >= 0.6 is 0 Å². The van der Waals surface area contributed by atoms with Gasteiger partial charge in [0.15, 0.2) is 17.4 Å². The molecule has 7 heteroatoms. The van der Waals surface area contributed by atoms with Crippen LogP contribution in [0.1, 0.15) is 68.1 Å². The lowest BCUT2D eigenvalue weighted by atomic mass is 9.77. The summed E-state index contributed by atoms with van der Waals surface area (Å²) < 4.78 is 86.4. The van der Waals surface area contributed by atoms with E-state index in [1.807, 2.05) is 0 Å². The molecule has 0 spiro atoms. The van der Waals surface area contributed by atoms with Gasteiger partial charge >= 0.3 is 0 Å². The molecular formula is C26H28F6O. The Labute approximate surface area is 190 Å². The molecule has 2 aromatic rings. The molecule has 3 rings (SSSR count). The highest BCUT2D eigenvalue weighted by Gasteiger charge is 2.24. The maximum absolute atomic E-state index is 14.7. The summed E-state index contributed by atoms with van der Waals surface area (Å²) in [6.45, 7) is 2.16. The topological polar surface area (TPSA) is 9.23 Å². The van der Waals surface area contributed by atoms with Crippen molar-refractivity contribution in [3.05, 3.63) is 76.6 Å². The molecule has 0 saturated heterocycles. The van der Waals surface area contributed by atoms with Gasteiger partial charge in [0.1, 0.15) is 11.6 Å². The van der Waals surface area contributed by atoms with E-state index in [0.29, 0.717) is 23.8 Å². The normalized spacial score (nSPS) is 18.9. The summed E-state index contributed by atoms with van der Waals surface area (Å²) in [4.78, 5) is 0. The Morgan fingerprint density at radius 1 is 0.879 bits per heavy atom. The van der Waals surface area contributed by atoms with E-state index in [1.54, 1.807) is 0 Å². The third kappa shape index (κ3) is 6.78. The smallest absolute Gasteiger partial charge is 0.260 e. The molecule has 1 nitrogen and oxygen atoms in total. The summed E-state index contributed by atoms with van der Waals surface area (Å²) in [6, 6.07) is 4.70. The SMILES string of the molecule is CCCC1CCC(c2cc(F)c(CCc3cc(F)c(OC=CC(F)F)c(F)c3)c(F)c2)CC1. The molecule has 1 aliphatic rings. The van der Waals surface area contributed by atoms with Crippen molar-refractivity contribution in [3.8, 4) is 5.75 Å². The van der Waals surface area contributed by atoms with Crippen LogP contribution in [0.15, 0.2) is 36.6 Å². The van der Waals surface area contributed by atoms with Gasteiger partial charge in [-0.1, -0.05) is 19.8 Å². The van der Waals surface area contributed by atoms with Gasteiger partial charge in [-0.05, 0) is 85.8 Å². The molecule has 0 radical (unpaired) electrons. The van der Waals surface area contributed by atoms with Crippen LogP contribution in [0.2, 0.25) is 0 Å². The minimum absolute atomic E-state index is 0.00366. The van der Waals surface area contributed by atoms with E-state index in [2.05, 4.69) is 11.7 Å². The minimum atomic E-state index is -2.82. The Morgan fingerprint density at radius 3 is 2.03 bits per heavy atom. The lowest BCUT2D eigenvalue weighted by Gasteiger charge is -2.29. The summed E-state index contributed by atoms with van der Waals surface area (Å²) in [5.41, 5.74) is 0.714. The maximum Gasteiger partial charge on any atom is 0.260 e. The molecule has 1 aliphatic carbocycles. The number of aryl methyl sites for hydroxylation is 1. The monoisotopic (exact) mass is 470 g/mol. The zero-order chi connectivity index (χ0) is 24.0. The van der Waals surface area contributed by atoms with Crippen LogP contribution < -0.4 is 4.74 Å². The number of rotatable bonds is 9.